The van der Waals surface area contributed by atoms with E-state index in [1.165, 1.54) is 0 Å². The molecule has 0 aliphatic heterocycles. The van der Waals surface area contributed by atoms with E-state index in [-0.39, 0.29) is 11.6 Å². The first kappa shape index (κ1) is 17.4. The summed E-state index contributed by atoms with van der Waals surface area (Å²) < 4.78 is 13.7. The number of rotatable bonds is 6. The average molecular weight is 364 g/mol. The molecule has 1 aliphatic rings. The van der Waals surface area contributed by atoms with Crippen LogP contribution in [0.15, 0.2) is 42.6 Å². The Bertz CT molecular complexity index is 986. The molecule has 138 valence electrons. The number of alkyl halides is 1. The topological polar surface area (TPSA) is 66.9 Å². The predicted octanol–water partition coefficient (Wildman–Crippen LogP) is 3.95. The summed E-state index contributed by atoms with van der Waals surface area (Å²) in [5, 5.41) is 6.80. The molecule has 0 unspecified atom stereocenters. The Kier molecular flexibility index (Phi) is 4.71. The van der Waals surface area contributed by atoms with Gasteiger partial charge in [0.05, 0.1) is 17.8 Å². The van der Waals surface area contributed by atoms with Gasteiger partial charge in [-0.15, -0.1) is 0 Å². The van der Waals surface area contributed by atoms with Crippen molar-refractivity contribution in [3.8, 4) is 0 Å². The summed E-state index contributed by atoms with van der Waals surface area (Å²) in [4.78, 5) is 21.3. The van der Waals surface area contributed by atoms with E-state index in [9.17, 15) is 9.18 Å². The van der Waals surface area contributed by atoms with Gasteiger partial charge in [-0.05, 0) is 48.6 Å². The van der Waals surface area contributed by atoms with E-state index in [0.717, 1.165) is 35.2 Å². The second-order valence-electron chi connectivity index (χ2n) is 6.79. The molecule has 2 heterocycles. The molecule has 1 aromatic carbocycles. The Morgan fingerprint density at radius 3 is 2.78 bits per heavy atom. The molecule has 27 heavy (non-hydrogen) atoms. The number of nitrogens with zero attached hydrogens (tertiary/aromatic N) is 2. The summed E-state index contributed by atoms with van der Waals surface area (Å²) >= 11 is 0. The van der Waals surface area contributed by atoms with Crippen LogP contribution in [0, 0.1) is 0 Å². The first-order chi connectivity index (χ1) is 13.2. The summed E-state index contributed by atoms with van der Waals surface area (Å²) in [5.41, 5.74) is 4.03. The van der Waals surface area contributed by atoms with Crippen LogP contribution in [0.25, 0.3) is 10.9 Å². The molecule has 1 amide bonds. The monoisotopic (exact) mass is 364 g/mol. The van der Waals surface area contributed by atoms with Gasteiger partial charge < -0.3 is 10.6 Å². The van der Waals surface area contributed by atoms with Crippen LogP contribution in [0.5, 0.6) is 0 Å². The van der Waals surface area contributed by atoms with E-state index in [0.29, 0.717) is 23.5 Å². The molecule has 1 fully saturated rings. The van der Waals surface area contributed by atoms with Crippen molar-refractivity contribution in [2.75, 3.05) is 12.4 Å². The quantitative estimate of drug-likeness (QED) is 0.695. The van der Waals surface area contributed by atoms with Crippen molar-refractivity contribution < 1.29 is 9.18 Å². The smallest absolute Gasteiger partial charge is 0.270 e. The molecule has 1 aliphatic carbocycles. The van der Waals surface area contributed by atoms with Crippen LogP contribution in [0.1, 0.15) is 46.1 Å². The molecule has 2 N–H and O–H groups in total. The second kappa shape index (κ2) is 7.31. The Morgan fingerprint density at radius 1 is 1.26 bits per heavy atom. The Labute approximate surface area is 157 Å². The largest absolute Gasteiger partial charge is 0.388 e. The molecule has 0 atom stereocenters. The van der Waals surface area contributed by atoms with Gasteiger partial charge in [0.25, 0.3) is 5.91 Å². The number of hydrogen-bond acceptors (Lipinski definition) is 4. The van der Waals surface area contributed by atoms with E-state index >= 15 is 0 Å². The van der Waals surface area contributed by atoms with Crippen molar-refractivity contribution in [1.82, 2.24) is 15.3 Å². The first-order valence-corrected chi connectivity index (χ1v) is 9.09. The van der Waals surface area contributed by atoms with Gasteiger partial charge in [-0.2, -0.15) is 0 Å². The standard InChI is InChI=1S/C21H21FN4O/c1-23-18-10-19(21(27)25-12-16-4-2-3-7-24-16)26-20-15(11-22)8-14(9-17(18)20)13-5-6-13/h2-4,7-10,13H,5-6,11-12H2,1H3,(H,23,26)(H,25,27). The van der Waals surface area contributed by atoms with Gasteiger partial charge in [0, 0.05) is 29.9 Å². The maximum atomic E-state index is 13.7. The van der Waals surface area contributed by atoms with Crippen LogP contribution in [-0.4, -0.2) is 22.9 Å². The molecule has 0 bridgehead atoms. The molecule has 1 saturated carbocycles. The zero-order chi connectivity index (χ0) is 18.8. The number of halogens is 1. The molecule has 2 aromatic heterocycles. The van der Waals surface area contributed by atoms with E-state index in [1.807, 2.05) is 24.3 Å². The Morgan fingerprint density at radius 2 is 2.11 bits per heavy atom. The van der Waals surface area contributed by atoms with Crippen LogP contribution in [0.2, 0.25) is 0 Å². The second-order valence-corrected chi connectivity index (χ2v) is 6.79. The third-order valence-corrected chi connectivity index (χ3v) is 4.87. The maximum absolute atomic E-state index is 13.7. The van der Waals surface area contributed by atoms with Gasteiger partial charge in [0.1, 0.15) is 12.4 Å². The summed E-state index contributed by atoms with van der Waals surface area (Å²) in [5.74, 6) is 0.209. The highest BCUT2D eigenvalue weighted by Gasteiger charge is 2.25. The highest BCUT2D eigenvalue weighted by Crippen LogP contribution is 2.42. The highest BCUT2D eigenvalue weighted by molar-refractivity contribution is 6.01. The van der Waals surface area contributed by atoms with Gasteiger partial charge in [0.2, 0.25) is 0 Å². The summed E-state index contributed by atoms with van der Waals surface area (Å²) in [6.45, 7) is -0.295. The molecule has 3 aromatic rings. The van der Waals surface area contributed by atoms with Crippen LogP contribution in [0.4, 0.5) is 10.1 Å². The van der Waals surface area contributed by atoms with Gasteiger partial charge in [-0.25, -0.2) is 9.37 Å². The van der Waals surface area contributed by atoms with Crippen molar-refractivity contribution in [3.63, 3.8) is 0 Å². The van der Waals surface area contributed by atoms with Crippen molar-refractivity contribution in [1.29, 1.82) is 0 Å². The number of fused-ring (bicyclic) bond motifs is 1. The first-order valence-electron chi connectivity index (χ1n) is 9.09. The van der Waals surface area contributed by atoms with Gasteiger partial charge >= 0.3 is 0 Å². The van der Waals surface area contributed by atoms with Crippen LogP contribution in [0.3, 0.4) is 0 Å². The summed E-state index contributed by atoms with van der Waals surface area (Å²) in [7, 11) is 1.79. The lowest BCUT2D eigenvalue weighted by Crippen LogP contribution is -2.24. The van der Waals surface area contributed by atoms with Gasteiger partial charge in [0.15, 0.2) is 0 Å². The number of nitrogens with one attached hydrogen (secondary N) is 2. The third-order valence-electron chi connectivity index (χ3n) is 4.87. The minimum absolute atomic E-state index is 0.261. The van der Waals surface area contributed by atoms with E-state index in [1.54, 1.807) is 19.3 Å². The zero-order valence-electron chi connectivity index (χ0n) is 15.1. The minimum Gasteiger partial charge on any atom is -0.388 e. The number of benzene rings is 1. The molecule has 5 nitrogen and oxygen atoms in total. The normalized spacial score (nSPS) is 13.6. The van der Waals surface area contributed by atoms with Gasteiger partial charge in [-0.3, -0.25) is 9.78 Å². The number of pyridine rings is 2. The van der Waals surface area contributed by atoms with Crippen molar-refractivity contribution in [2.45, 2.75) is 32.0 Å². The van der Waals surface area contributed by atoms with Crippen LogP contribution < -0.4 is 10.6 Å². The highest BCUT2D eigenvalue weighted by atomic mass is 19.1. The number of anilines is 1. The van der Waals surface area contributed by atoms with Crippen LogP contribution in [-0.2, 0) is 13.2 Å². The molecular weight excluding hydrogens is 343 g/mol. The average Bonchev–Trinajstić information content (AvgIpc) is 3.56. The molecule has 0 radical (unpaired) electrons. The molecule has 0 saturated heterocycles. The van der Waals surface area contributed by atoms with Crippen molar-refractivity contribution in [2.24, 2.45) is 0 Å². The number of amides is 1. The third kappa shape index (κ3) is 3.60. The summed E-state index contributed by atoms with van der Waals surface area (Å²) in [6.07, 6.45) is 3.97. The minimum atomic E-state index is -0.605. The van der Waals surface area contributed by atoms with Crippen molar-refractivity contribution >= 4 is 22.5 Å². The molecule has 6 heteroatoms. The molecule has 0 spiro atoms. The number of hydrogen-bond donors (Lipinski definition) is 2. The number of carbonyl (C=O) groups is 1. The fourth-order valence-corrected chi connectivity index (χ4v) is 3.27. The molecule has 4 rings (SSSR count). The van der Waals surface area contributed by atoms with Gasteiger partial charge in [-0.1, -0.05) is 12.1 Å². The summed E-state index contributed by atoms with van der Waals surface area (Å²) in [6, 6.07) is 11.2. The zero-order valence-corrected chi connectivity index (χ0v) is 15.1. The molecular formula is C21H21FN4O. The SMILES string of the molecule is CNc1cc(C(=O)NCc2ccccn2)nc2c(CF)cc(C3CC3)cc12. The van der Waals surface area contributed by atoms with E-state index in [4.69, 9.17) is 0 Å². The maximum Gasteiger partial charge on any atom is 0.270 e. The number of aromatic nitrogens is 2. The Hall–Kier alpha value is -3.02. The lowest BCUT2D eigenvalue weighted by molar-refractivity contribution is 0.0946. The number of carbonyl (C=O) groups excluding carboxylic acids is 1. The van der Waals surface area contributed by atoms with Crippen molar-refractivity contribution in [3.05, 3.63) is 65.1 Å². The predicted molar refractivity (Wildman–Crippen MR) is 103 cm³/mol. The fourth-order valence-electron chi connectivity index (χ4n) is 3.27. The van der Waals surface area contributed by atoms with E-state index in [2.05, 4.69) is 26.7 Å². The lowest BCUT2D eigenvalue weighted by Gasteiger charge is -2.13. The van der Waals surface area contributed by atoms with Crippen LogP contribution >= 0.6 is 0 Å². The lowest BCUT2D eigenvalue weighted by atomic mass is 10.0. The van der Waals surface area contributed by atoms with E-state index < -0.39 is 6.67 Å². The Balaban J connectivity index is 1.68. The fraction of sp³-hybridized carbons (Fsp3) is 0.286.